The Balaban J connectivity index is 1.24. The molecule has 0 radical (unpaired) electrons. The highest BCUT2D eigenvalue weighted by atomic mass is 16.5. The molecule has 0 amide bonds. The van der Waals surface area contributed by atoms with Crippen molar-refractivity contribution in [2.45, 2.75) is 6.42 Å². The van der Waals surface area contributed by atoms with E-state index in [1.807, 2.05) is 12.1 Å². The van der Waals surface area contributed by atoms with Gasteiger partial charge in [0.05, 0.1) is 18.1 Å². The zero-order valence-electron chi connectivity index (χ0n) is 17.7. The lowest BCUT2D eigenvalue weighted by molar-refractivity contribution is 0.259. The maximum absolute atomic E-state index is 5.27. The van der Waals surface area contributed by atoms with Crippen LogP contribution in [0.1, 0.15) is 5.82 Å². The van der Waals surface area contributed by atoms with E-state index >= 15 is 0 Å². The standard InChI is InChI=1S/C25H28N4O/c1-27-24(26-23-12-7-19-5-3-4-6-22(19)25(23)27)13-14-28-15-17-29(18-16-28)20-8-10-21(30-2)11-9-20/h3-12H,13-18H2,1-2H3. The molecule has 0 unspecified atom stereocenters. The number of rotatable bonds is 5. The van der Waals surface area contributed by atoms with Gasteiger partial charge in [0.2, 0.25) is 0 Å². The first kappa shape index (κ1) is 18.9. The number of hydrogen-bond acceptors (Lipinski definition) is 4. The Morgan fingerprint density at radius 1 is 0.900 bits per heavy atom. The molecule has 5 heteroatoms. The summed E-state index contributed by atoms with van der Waals surface area (Å²) in [4.78, 5) is 9.95. The lowest BCUT2D eigenvalue weighted by atomic mass is 10.1. The third-order valence-corrected chi connectivity index (χ3v) is 6.31. The molecule has 1 fully saturated rings. The second-order valence-corrected chi connectivity index (χ2v) is 8.02. The quantitative estimate of drug-likeness (QED) is 0.505. The third-order valence-electron chi connectivity index (χ3n) is 6.31. The predicted molar refractivity (Wildman–Crippen MR) is 124 cm³/mol. The SMILES string of the molecule is COc1ccc(N2CCN(CCc3nc4ccc5ccccc5c4n3C)CC2)cc1. The number of ether oxygens (including phenoxy) is 1. The lowest BCUT2D eigenvalue weighted by Gasteiger charge is -2.36. The van der Waals surface area contributed by atoms with E-state index in [-0.39, 0.29) is 0 Å². The molecule has 0 N–H and O–H groups in total. The van der Waals surface area contributed by atoms with Crippen molar-refractivity contribution in [2.75, 3.05) is 44.7 Å². The Labute approximate surface area is 177 Å². The van der Waals surface area contributed by atoms with Crippen molar-refractivity contribution < 1.29 is 4.74 Å². The highest BCUT2D eigenvalue weighted by Gasteiger charge is 2.18. The molecule has 3 aromatic carbocycles. The average Bonchev–Trinajstić information content (AvgIpc) is 3.14. The zero-order chi connectivity index (χ0) is 20.5. The largest absolute Gasteiger partial charge is 0.497 e. The molecule has 1 aliphatic rings. The molecule has 0 aliphatic carbocycles. The maximum Gasteiger partial charge on any atom is 0.119 e. The number of anilines is 1. The molecule has 1 aliphatic heterocycles. The first-order valence-corrected chi connectivity index (χ1v) is 10.7. The van der Waals surface area contributed by atoms with Crippen LogP contribution >= 0.6 is 0 Å². The van der Waals surface area contributed by atoms with Gasteiger partial charge in [-0.05, 0) is 35.7 Å². The van der Waals surface area contributed by atoms with Crippen molar-refractivity contribution in [3.63, 3.8) is 0 Å². The summed E-state index contributed by atoms with van der Waals surface area (Å²) in [5, 5.41) is 2.55. The summed E-state index contributed by atoms with van der Waals surface area (Å²) < 4.78 is 7.55. The molecule has 0 spiro atoms. The van der Waals surface area contributed by atoms with Gasteiger partial charge in [0.15, 0.2) is 0 Å². The van der Waals surface area contributed by atoms with Gasteiger partial charge in [-0.3, -0.25) is 4.90 Å². The Morgan fingerprint density at radius 2 is 1.67 bits per heavy atom. The summed E-state index contributed by atoms with van der Waals surface area (Å²) in [6, 6.07) is 21.3. The Hall–Kier alpha value is -3.05. The summed E-state index contributed by atoms with van der Waals surface area (Å²) in [5.41, 5.74) is 3.61. The maximum atomic E-state index is 5.27. The summed E-state index contributed by atoms with van der Waals surface area (Å²) in [6.45, 7) is 5.32. The molecule has 30 heavy (non-hydrogen) atoms. The van der Waals surface area contributed by atoms with Crippen LogP contribution in [-0.4, -0.2) is 54.3 Å². The van der Waals surface area contributed by atoms with E-state index in [2.05, 4.69) is 69.9 Å². The summed E-state index contributed by atoms with van der Waals surface area (Å²) in [5.74, 6) is 2.08. The number of fused-ring (bicyclic) bond motifs is 3. The van der Waals surface area contributed by atoms with Crippen LogP contribution < -0.4 is 9.64 Å². The molecule has 1 aromatic heterocycles. The van der Waals surface area contributed by atoms with E-state index in [4.69, 9.17) is 9.72 Å². The Bertz CT molecular complexity index is 1160. The van der Waals surface area contributed by atoms with Gasteiger partial charge < -0.3 is 14.2 Å². The fraction of sp³-hybridized carbons (Fsp3) is 0.320. The lowest BCUT2D eigenvalue weighted by Crippen LogP contribution is -2.47. The molecule has 4 aromatic rings. The highest BCUT2D eigenvalue weighted by molar-refractivity contribution is 6.04. The number of imidazole rings is 1. The minimum absolute atomic E-state index is 0.910. The first-order chi connectivity index (χ1) is 14.7. The van der Waals surface area contributed by atoms with Gasteiger partial charge in [0.25, 0.3) is 0 Å². The zero-order valence-corrected chi connectivity index (χ0v) is 17.7. The first-order valence-electron chi connectivity index (χ1n) is 10.7. The molecule has 0 bridgehead atoms. The van der Waals surface area contributed by atoms with Gasteiger partial charge in [-0.25, -0.2) is 4.98 Å². The fourth-order valence-electron chi connectivity index (χ4n) is 4.53. The minimum atomic E-state index is 0.910. The van der Waals surface area contributed by atoms with Crippen LogP contribution in [0.5, 0.6) is 5.75 Å². The summed E-state index contributed by atoms with van der Waals surface area (Å²) in [7, 11) is 3.86. The van der Waals surface area contributed by atoms with Crippen molar-refractivity contribution in [2.24, 2.45) is 7.05 Å². The van der Waals surface area contributed by atoms with Crippen LogP contribution in [0.2, 0.25) is 0 Å². The fourth-order valence-corrected chi connectivity index (χ4v) is 4.53. The number of benzene rings is 3. The van der Waals surface area contributed by atoms with E-state index in [1.54, 1.807) is 7.11 Å². The predicted octanol–water partition coefficient (Wildman–Crippen LogP) is 4.10. The van der Waals surface area contributed by atoms with Crippen LogP contribution in [0, 0.1) is 0 Å². The molecule has 0 atom stereocenters. The van der Waals surface area contributed by atoms with Gasteiger partial charge in [-0.1, -0.05) is 30.3 Å². The number of hydrogen-bond donors (Lipinski definition) is 0. The number of aryl methyl sites for hydroxylation is 1. The van der Waals surface area contributed by atoms with E-state index in [0.29, 0.717) is 0 Å². The summed E-state index contributed by atoms with van der Waals surface area (Å²) in [6.07, 6.45) is 0.974. The monoisotopic (exact) mass is 400 g/mol. The molecule has 2 heterocycles. The smallest absolute Gasteiger partial charge is 0.119 e. The molecular weight excluding hydrogens is 372 g/mol. The molecule has 5 nitrogen and oxygen atoms in total. The van der Waals surface area contributed by atoms with Gasteiger partial charge >= 0.3 is 0 Å². The normalized spacial score (nSPS) is 15.2. The van der Waals surface area contributed by atoms with Crippen LogP contribution in [-0.2, 0) is 13.5 Å². The second-order valence-electron chi connectivity index (χ2n) is 8.02. The number of methoxy groups -OCH3 is 1. The van der Waals surface area contributed by atoms with Crippen LogP contribution in [0.4, 0.5) is 5.69 Å². The van der Waals surface area contributed by atoms with Crippen molar-refractivity contribution in [1.29, 1.82) is 0 Å². The highest BCUT2D eigenvalue weighted by Crippen LogP contribution is 2.26. The second kappa shape index (κ2) is 8.00. The van der Waals surface area contributed by atoms with Crippen molar-refractivity contribution in [1.82, 2.24) is 14.5 Å². The van der Waals surface area contributed by atoms with Crippen molar-refractivity contribution >= 4 is 27.5 Å². The number of piperazine rings is 1. The van der Waals surface area contributed by atoms with Gasteiger partial charge in [0.1, 0.15) is 11.6 Å². The summed E-state index contributed by atoms with van der Waals surface area (Å²) >= 11 is 0. The molecule has 5 rings (SSSR count). The van der Waals surface area contributed by atoms with Gasteiger partial charge in [-0.2, -0.15) is 0 Å². The molecule has 154 valence electrons. The van der Waals surface area contributed by atoms with Gasteiger partial charge in [0, 0.05) is 57.3 Å². The van der Waals surface area contributed by atoms with E-state index < -0.39 is 0 Å². The molecular formula is C25H28N4O. The van der Waals surface area contributed by atoms with Crippen LogP contribution in [0.15, 0.2) is 60.7 Å². The van der Waals surface area contributed by atoms with Crippen molar-refractivity contribution in [3.8, 4) is 5.75 Å². The Kier molecular flexibility index (Phi) is 5.05. The van der Waals surface area contributed by atoms with Crippen molar-refractivity contribution in [3.05, 3.63) is 66.5 Å². The number of aromatic nitrogens is 2. The average molecular weight is 401 g/mol. The van der Waals surface area contributed by atoms with Gasteiger partial charge in [-0.15, -0.1) is 0 Å². The van der Waals surface area contributed by atoms with E-state index in [1.165, 1.54) is 27.8 Å². The van der Waals surface area contributed by atoms with E-state index in [9.17, 15) is 0 Å². The Morgan fingerprint density at radius 3 is 2.43 bits per heavy atom. The molecule has 0 saturated carbocycles. The number of nitrogens with zero attached hydrogens (tertiary/aromatic N) is 4. The van der Waals surface area contributed by atoms with Crippen LogP contribution in [0.25, 0.3) is 21.8 Å². The van der Waals surface area contributed by atoms with E-state index in [0.717, 1.165) is 50.4 Å². The third kappa shape index (κ3) is 3.50. The van der Waals surface area contributed by atoms with Crippen LogP contribution in [0.3, 0.4) is 0 Å². The molecule has 1 saturated heterocycles. The topological polar surface area (TPSA) is 33.5 Å². The minimum Gasteiger partial charge on any atom is -0.497 e.